The van der Waals surface area contributed by atoms with Crippen LogP contribution in [0.3, 0.4) is 0 Å². The summed E-state index contributed by atoms with van der Waals surface area (Å²) in [6.07, 6.45) is 7.63. The third-order valence-electron chi connectivity index (χ3n) is 10.8. The molecule has 15 heteroatoms. The fourth-order valence-electron chi connectivity index (χ4n) is 8.00. The van der Waals surface area contributed by atoms with Crippen molar-refractivity contribution in [3.63, 3.8) is 0 Å². The summed E-state index contributed by atoms with van der Waals surface area (Å²) < 4.78 is 6.17. The Labute approximate surface area is 379 Å². The Balaban J connectivity index is 0.00000533. The molecule has 5 aromatic carbocycles. The van der Waals surface area contributed by atoms with Gasteiger partial charge in [-0.2, -0.15) is 0 Å². The molecule has 0 atom stereocenters. The maximum atomic E-state index is 12.3. The molecule has 14 nitrogen and oxygen atoms in total. The molecule has 0 saturated heterocycles. The van der Waals surface area contributed by atoms with E-state index in [0.29, 0.717) is 68.1 Å². The van der Waals surface area contributed by atoms with Gasteiger partial charge in [0.1, 0.15) is 5.75 Å². The average Bonchev–Trinajstić information content (AvgIpc) is 4.16. The number of hydrogen-bond acceptors (Lipinski definition) is 9. The zero-order valence-electron chi connectivity index (χ0n) is 33.5. The Morgan fingerprint density at radius 3 is 1.17 bits per heavy atom. The Kier molecular flexibility index (Phi) is 11.0. The number of benzene rings is 5. The van der Waals surface area contributed by atoms with E-state index in [-0.39, 0.29) is 22.8 Å². The number of hydrogen-bond donors (Lipinski definition) is 0. The number of nitro benzene ring substituents is 3. The molecule has 0 N–H and O–H groups in total. The van der Waals surface area contributed by atoms with Crippen molar-refractivity contribution in [1.82, 2.24) is 19.9 Å². The van der Waals surface area contributed by atoms with Gasteiger partial charge < -0.3 is 14.7 Å². The Morgan fingerprint density at radius 2 is 0.785 bits per heavy atom. The van der Waals surface area contributed by atoms with Gasteiger partial charge in [0.15, 0.2) is 0 Å². The quantitative estimate of drug-likeness (QED) is 0.0760. The van der Waals surface area contributed by atoms with Crippen molar-refractivity contribution in [1.29, 1.82) is 0 Å². The van der Waals surface area contributed by atoms with Gasteiger partial charge in [0.2, 0.25) is 0 Å². The summed E-state index contributed by atoms with van der Waals surface area (Å²) >= 11 is 0. The predicted octanol–water partition coefficient (Wildman–Crippen LogP) is 12.1. The Hall–Kier alpha value is -8.78. The maximum Gasteiger partial charge on any atom is 2.00 e. The molecule has 5 heterocycles. The molecule has 0 fully saturated rings. The number of fused-ring (bicyclic) bond motifs is 8. The van der Waals surface area contributed by atoms with Crippen LogP contribution >= 0.6 is 0 Å². The minimum Gasteiger partial charge on any atom is -0.657 e. The largest absolute Gasteiger partial charge is 2.00 e. The van der Waals surface area contributed by atoms with Crippen LogP contribution in [0.25, 0.3) is 90.9 Å². The van der Waals surface area contributed by atoms with Crippen LogP contribution in [0, 0.1) is 30.3 Å². The third kappa shape index (κ3) is 7.73. The smallest absolute Gasteiger partial charge is 0.657 e. The van der Waals surface area contributed by atoms with Crippen LogP contribution in [0.1, 0.15) is 22.8 Å². The summed E-state index contributed by atoms with van der Waals surface area (Å²) in [6, 6.07) is 44.9. The zero-order chi connectivity index (χ0) is 43.9. The molecule has 8 aromatic rings. The van der Waals surface area contributed by atoms with Gasteiger partial charge >= 0.3 is 28.4 Å². The molecular weight excluding hydrogens is 874 g/mol. The van der Waals surface area contributed by atoms with Gasteiger partial charge in [-0.05, 0) is 69.3 Å². The topological polar surface area (TPSA) is 193 Å². The molecular formula is C50H29CuN7O7. The van der Waals surface area contributed by atoms with Crippen molar-refractivity contribution in [2.75, 3.05) is 0 Å². The summed E-state index contributed by atoms with van der Waals surface area (Å²) in [6.45, 7) is 0. The van der Waals surface area contributed by atoms with E-state index in [9.17, 15) is 30.3 Å². The fourth-order valence-corrected chi connectivity index (χ4v) is 8.00. The van der Waals surface area contributed by atoms with E-state index in [2.05, 4.69) is 0 Å². The number of nitrogens with zero attached hydrogens (tertiary/aromatic N) is 7. The molecule has 0 spiro atoms. The predicted molar refractivity (Wildman–Crippen MR) is 245 cm³/mol. The summed E-state index contributed by atoms with van der Waals surface area (Å²) in [5.41, 5.74) is 7.73. The first kappa shape index (κ1) is 41.6. The van der Waals surface area contributed by atoms with Crippen molar-refractivity contribution in [2.45, 2.75) is 0 Å². The Morgan fingerprint density at radius 1 is 0.431 bits per heavy atom. The maximum absolute atomic E-state index is 12.3. The van der Waals surface area contributed by atoms with Crippen LogP contribution in [-0.2, 0) is 17.1 Å². The molecule has 2 aliphatic heterocycles. The SMILES string of the molecule is O=[N+]([O-])c1cc([N+](=O)[O-])c(Oc2ccccc2-c2c3nc(c(-c4ccccc4)c4ccc([n-]4)c(-c4ccccc4)c4nc(c(-c5ccccc5)c5ccc2[n-]5)C=C4)C=C3)c([N+](=O)[O-])c1.[Cu+2]. The molecule has 1 radical (unpaired) electrons. The van der Waals surface area contributed by atoms with Gasteiger partial charge in [-0.25, -0.2) is 9.97 Å². The molecule has 2 aliphatic rings. The van der Waals surface area contributed by atoms with Crippen molar-refractivity contribution in [3.05, 3.63) is 205 Å². The van der Waals surface area contributed by atoms with Gasteiger partial charge in [-0.3, -0.25) is 30.3 Å². The number of nitro groups is 3. The monoisotopic (exact) mass is 902 g/mol. The zero-order valence-corrected chi connectivity index (χ0v) is 34.5. The van der Waals surface area contributed by atoms with Gasteiger partial charge in [-0.15, -0.1) is 22.1 Å². The van der Waals surface area contributed by atoms with E-state index < -0.39 is 37.6 Å². The first-order valence-corrected chi connectivity index (χ1v) is 19.8. The minimum atomic E-state index is -0.957. The fraction of sp³-hybridized carbons (Fsp3) is 0. The Bertz CT molecular complexity index is 3390. The number of aromatic nitrogens is 4. The van der Waals surface area contributed by atoms with E-state index >= 15 is 0 Å². The van der Waals surface area contributed by atoms with E-state index in [1.807, 2.05) is 140 Å². The summed E-state index contributed by atoms with van der Waals surface area (Å²) in [7, 11) is 0. The van der Waals surface area contributed by atoms with Crippen LogP contribution < -0.4 is 14.7 Å². The molecule has 0 unspecified atom stereocenters. The second kappa shape index (κ2) is 17.2. The van der Waals surface area contributed by atoms with Gasteiger partial charge in [-0.1, -0.05) is 133 Å². The van der Waals surface area contributed by atoms with Crippen LogP contribution in [0.2, 0.25) is 0 Å². The normalized spacial score (nSPS) is 11.5. The molecule has 10 rings (SSSR count). The van der Waals surface area contributed by atoms with Gasteiger partial charge in [0.05, 0.1) is 49.7 Å². The van der Waals surface area contributed by atoms with Crippen LogP contribution in [0.15, 0.2) is 152 Å². The molecule has 8 bridgehead atoms. The molecule has 0 saturated carbocycles. The van der Waals surface area contributed by atoms with Gasteiger partial charge in [0, 0.05) is 5.56 Å². The number of non-ortho nitro benzene ring substituents is 1. The van der Waals surface area contributed by atoms with Crippen LogP contribution in [0.5, 0.6) is 11.5 Å². The molecule has 65 heavy (non-hydrogen) atoms. The standard InChI is InChI=1S/C50H29N7O7.Cu/c58-55(59)33-28-43(56(60)61)50(44(29-33)57(62)63)64-45-19-11-10-18-34(45)49-41-26-24-39(53-41)47(31-14-6-2-7-15-31)37-22-20-35(51-37)46(30-12-4-1-5-13-30)36-21-23-38(52-36)48(32-16-8-3-9-17-32)40-25-27-42(49)54-40;/h1-29H;/q-2;+2. The van der Waals surface area contributed by atoms with Crippen LogP contribution in [0.4, 0.5) is 17.1 Å². The second-order valence-corrected chi connectivity index (χ2v) is 14.6. The van der Waals surface area contributed by atoms with E-state index in [0.717, 1.165) is 33.4 Å². The number of ether oxygens (including phenoxy) is 1. The molecule has 0 aliphatic carbocycles. The van der Waals surface area contributed by atoms with E-state index in [1.165, 1.54) is 6.07 Å². The van der Waals surface area contributed by atoms with Gasteiger partial charge in [0.25, 0.3) is 11.4 Å². The van der Waals surface area contributed by atoms with Crippen molar-refractivity contribution in [3.8, 4) is 56.0 Å². The molecule has 0 amide bonds. The van der Waals surface area contributed by atoms with Crippen molar-refractivity contribution >= 4 is 63.4 Å². The summed E-state index contributed by atoms with van der Waals surface area (Å²) in [4.78, 5) is 54.5. The van der Waals surface area contributed by atoms with Crippen LogP contribution in [-0.4, -0.2) is 24.7 Å². The third-order valence-corrected chi connectivity index (χ3v) is 10.8. The number of para-hydroxylation sites is 1. The van der Waals surface area contributed by atoms with E-state index in [4.69, 9.17) is 24.7 Å². The average molecular weight is 903 g/mol. The first-order chi connectivity index (χ1) is 31.2. The second-order valence-electron chi connectivity index (χ2n) is 14.6. The van der Waals surface area contributed by atoms with Crippen molar-refractivity contribution in [2.24, 2.45) is 0 Å². The summed E-state index contributed by atoms with van der Waals surface area (Å²) in [5, 5.41) is 36.4. The molecule has 3 aromatic heterocycles. The first-order valence-electron chi connectivity index (χ1n) is 19.8. The summed E-state index contributed by atoms with van der Waals surface area (Å²) in [5.74, 6) is -0.814. The van der Waals surface area contributed by atoms with E-state index in [1.54, 1.807) is 18.2 Å². The minimum absolute atomic E-state index is 0. The van der Waals surface area contributed by atoms with Crippen molar-refractivity contribution < 1.29 is 36.6 Å². The molecule has 317 valence electrons. The number of rotatable bonds is 9.